The van der Waals surface area contributed by atoms with E-state index in [4.69, 9.17) is 16.3 Å². The number of thioether (sulfide) groups is 1. The summed E-state index contributed by atoms with van der Waals surface area (Å²) < 4.78 is 5.60. The third-order valence-corrected chi connectivity index (χ3v) is 8.66. The standard InChI is InChI=1S/C25H35ClO5S/c1-2-4-16(25(29)30)7-9-20-10-12-22-21(23(28)14-24(22)32-20)11-8-18(27)15-31-19-6-3-5-17(26)13-19/h3,5-6,8,11,13,16,18,20-24,27-28H,2,4,7,9-10,12,14-15H2,1H3,(H,29,30)/b11-8+/t16?,18-,20+,21-,22-,23-,24+/m1/s1. The van der Waals surface area contributed by atoms with E-state index in [1.165, 1.54) is 0 Å². The number of carboxylic acid groups (broad SMARTS) is 1. The summed E-state index contributed by atoms with van der Waals surface area (Å²) in [4.78, 5) is 11.4. The average Bonchev–Trinajstić information content (AvgIpc) is 3.07. The molecule has 1 aliphatic carbocycles. The third-order valence-electron chi connectivity index (χ3n) is 6.68. The maximum Gasteiger partial charge on any atom is 0.306 e. The van der Waals surface area contributed by atoms with Gasteiger partial charge in [-0.05, 0) is 62.6 Å². The van der Waals surface area contributed by atoms with Crippen LogP contribution >= 0.6 is 23.4 Å². The number of hydrogen-bond donors (Lipinski definition) is 3. The Balaban J connectivity index is 1.47. The SMILES string of the molecule is CCCC(CC[C@H]1CC[C@@H]2[C@@H](/C=C/[C@@H](O)COc3cccc(Cl)c3)[C@H](O)C[C@@H]2S1)C(=O)O. The number of hydrogen-bond acceptors (Lipinski definition) is 5. The number of benzene rings is 1. The molecule has 0 bridgehead atoms. The summed E-state index contributed by atoms with van der Waals surface area (Å²) in [5, 5.41) is 31.8. The Bertz CT molecular complexity index is 772. The minimum atomic E-state index is -0.754. The molecule has 0 aromatic heterocycles. The molecule has 5 nitrogen and oxygen atoms in total. The lowest BCUT2D eigenvalue weighted by atomic mass is 9.87. The molecule has 1 aromatic rings. The molecule has 32 heavy (non-hydrogen) atoms. The van der Waals surface area contributed by atoms with E-state index in [2.05, 4.69) is 0 Å². The average molecular weight is 483 g/mol. The van der Waals surface area contributed by atoms with Crippen LogP contribution < -0.4 is 4.74 Å². The topological polar surface area (TPSA) is 87.0 Å². The maximum atomic E-state index is 11.4. The number of fused-ring (bicyclic) bond motifs is 1. The predicted octanol–water partition coefficient (Wildman–Crippen LogP) is 5.18. The zero-order valence-electron chi connectivity index (χ0n) is 18.6. The molecule has 0 spiro atoms. The van der Waals surface area contributed by atoms with Gasteiger partial charge < -0.3 is 20.1 Å². The lowest BCUT2D eigenvalue weighted by Crippen LogP contribution is -2.27. The van der Waals surface area contributed by atoms with Gasteiger partial charge in [-0.2, -0.15) is 11.8 Å². The molecular weight excluding hydrogens is 448 g/mol. The summed E-state index contributed by atoms with van der Waals surface area (Å²) in [6.45, 7) is 2.16. The minimum absolute atomic E-state index is 0.0427. The first kappa shape index (κ1) is 25.4. The summed E-state index contributed by atoms with van der Waals surface area (Å²) in [6, 6.07) is 7.07. The van der Waals surface area contributed by atoms with Crippen LogP contribution in [0.5, 0.6) is 5.75 Å². The van der Waals surface area contributed by atoms with E-state index in [1.807, 2.05) is 24.8 Å². The van der Waals surface area contributed by atoms with E-state index in [-0.39, 0.29) is 18.4 Å². The summed E-state index contributed by atoms with van der Waals surface area (Å²) in [7, 11) is 0. The van der Waals surface area contributed by atoms with Crippen molar-refractivity contribution < 1.29 is 24.9 Å². The fraction of sp³-hybridized carbons (Fsp3) is 0.640. The number of aliphatic carboxylic acids is 1. The van der Waals surface area contributed by atoms with Crippen molar-refractivity contribution >= 4 is 29.3 Å². The number of ether oxygens (including phenoxy) is 1. The van der Waals surface area contributed by atoms with Crippen LogP contribution in [0.1, 0.15) is 51.9 Å². The van der Waals surface area contributed by atoms with Crippen molar-refractivity contribution in [1.82, 2.24) is 0 Å². The molecule has 7 heteroatoms. The van der Waals surface area contributed by atoms with Gasteiger partial charge in [0.15, 0.2) is 0 Å². The van der Waals surface area contributed by atoms with Crippen molar-refractivity contribution in [2.75, 3.05) is 6.61 Å². The highest BCUT2D eigenvalue weighted by molar-refractivity contribution is 8.00. The number of carboxylic acids is 1. The van der Waals surface area contributed by atoms with Crippen molar-refractivity contribution in [2.24, 2.45) is 17.8 Å². The minimum Gasteiger partial charge on any atom is -0.491 e. The summed E-state index contributed by atoms with van der Waals surface area (Å²) in [6.07, 6.45) is 8.71. The molecule has 0 radical (unpaired) electrons. The fourth-order valence-corrected chi connectivity index (χ4v) is 7.04. The highest BCUT2D eigenvalue weighted by atomic mass is 35.5. The lowest BCUT2D eigenvalue weighted by Gasteiger charge is -2.33. The molecule has 2 aliphatic rings. The van der Waals surface area contributed by atoms with Crippen molar-refractivity contribution in [3.05, 3.63) is 41.4 Å². The van der Waals surface area contributed by atoms with Gasteiger partial charge in [-0.1, -0.05) is 43.2 Å². The Morgan fingerprint density at radius 1 is 1.34 bits per heavy atom. The second kappa shape index (κ2) is 12.3. The number of aliphatic hydroxyl groups is 2. The monoisotopic (exact) mass is 482 g/mol. The van der Waals surface area contributed by atoms with E-state index in [0.717, 1.165) is 44.9 Å². The zero-order valence-corrected chi connectivity index (χ0v) is 20.2. The van der Waals surface area contributed by atoms with Crippen LogP contribution in [0.2, 0.25) is 5.02 Å². The Labute approximate surface area is 200 Å². The molecule has 7 atom stereocenters. The predicted molar refractivity (Wildman–Crippen MR) is 129 cm³/mol. The molecule has 3 rings (SSSR count). The van der Waals surface area contributed by atoms with Gasteiger partial charge in [-0.3, -0.25) is 4.79 Å². The van der Waals surface area contributed by atoms with Crippen molar-refractivity contribution in [3.63, 3.8) is 0 Å². The van der Waals surface area contributed by atoms with Crippen LogP contribution in [-0.2, 0) is 4.79 Å². The zero-order chi connectivity index (χ0) is 23.1. The molecule has 1 aliphatic heterocycles. The fourth-order valence-electron chi connectivity index (χ4n) is 4.99. The molecule has 3 N–H and O–H groups in total. The summed E-state index contributed by atoms with van der Waals surface area (Å²) in [5.74, 6) is 0.143. The number of rotatable bonds is 11. The van der Waals surface area contributed by atoms with Gasteiger partial charge in [-0.15, -0.1) is 0 Å². The highest BCUT2D eigenvalue weighted by Crippen LogP contribution is 2.50. The van der Waals surface area contributed by atoms with E-state index >= 15 is 0 Å². The summed E-state index contributed by atoms with van der Waals surface area (Å²) in [5.41, 5.74) is 0. The van der Waals surface area contributed by atoms with Gasteiger partial charge in [0.1, 0.15) is 18.5 Å². The Morgan fingerprint density at radius 2 is 2.16 bits per heavy atom. The van der Waals surface area contributed by atoms with Crippen LogP contribution in [-0.4, -0.2) is 50.6 Å². The molecule has 2 fully saturated rings. The van der Waals surface area contributed by atoms with E-state index in [9.17, 15) is 20.1 Å². The van der Waals surface area contributed by atoms with Crippen molar-refractivity contribution in [2.45, 2.75) is 74.6 Å². The first-order valence-corrected chi connectivity index (χ1v) is 13.0. The lowest BCUT2D eigenvalue weighted by molar-refractivity contribution is -0.142. The van der Waals surface area contributed by atoms with Gasteiger partial charge in [0, 0.05) is 21.4 Å². The largest absolute Gasteiger partial charge is 0.491 e. The van der Waals surface area contributed by atoms with Crippen LogP contribution in [0.4, 0.5) is 0 Å². The number of halogens is 1. The molecule has 1 saturated heterocycles. The molecule has 1 heterocycles. The first-order chi connectivity index (χ1) is 15.4. The molecule has 1 saturated carbocycles. The molecule has 1 unspecified atom stereocenters. The first-order valence-electron chi connectivity index (χ1n) is 11.7. The Kier molecular flexibility index (Phi) is 9.77. The molecule has 178 valence electrons. The number of carbonyl (C=O) groups is 1. The maximum absolute atomic E-state index is 11.4. The van der Waals surface area contributed by atoms with Gasteiger partial charge in [0.25, 0.3) is 0 Å². The second-order valence-electron chi connectivity index (χ2n) is 9.04. The van der Waals surface area contributed by atoms with Crippen LogP contribution in [0.3, 0.4) is 0 Å². The van der Waals surface area contributed by atoms with Crippen LogP contribution in [0.15, 0.2) is 36.4 Å². The van der Waals surface area contributed by atoms with Crippen molar-refractivity contribution in [3.8, 4) is 5.75 Å². The Morgan fingerprint density at radius 3 is 2.88 bits per heavy atom. The van der Waals surface area contributed by atoms with Crippen LogP contribution in [0, 0.1) is 17.8 Å². The quantitative estimate of drug-likeness (QED) is 0.377. The molecule has 1 aromatic carbocycles. The van der Waals surface area contributed by atoms with Crippen LogP contribution in [0.25, 0.3) is 0 Å². The highest BCUT2D eigenvalue weighted by Gasteiger charge is 2.44. The normalized spacial score (nSPS) is 29.6. The second-order valence-corrected chi connectivity index (χ2v) is 11.0. The smallest absolute Gasteiger partial charge is 0.306 e. The van der Waals surface area contributed by atoms with Gasteiger partial charge >= 0.3 is 5.97 Å². The van der Waals surface area contributed by atoms with Crippen molar-refractivity contribution in [1.29, 1.82) is 0 Å². The molecular formula is C25H35ClO5S. The summed E-state index contributed by atoms with van der Waals surface area (Å²) >= 11 is 7.89. The van der Waals surface area contributed by atoms with E-state index in [0.29, 0.717) is 27.2 Å². The molecule has 0 amide bonds. The van der Waals surface area contributed by atoms with Gasteiger partial charge in [0.2, 0.25) is 0 Å². The van der Waals surface area contributed by atoms with E-state index < -0.39 is 18.2 Å². The van der Waals surface area contributed by atoms with Gasteiger partial charge in [-0.25, -0.2) is 0 Å². The van der Waals surface area contributed by atoms with Gasteiger partial charge in [0.05, 0.1) is 12.0 Å². The Hall–Kier alpha value is -1.21. The number of aliphatic hydroxyl groups excluding tert-OH is 2. The third kappa shape index (κ3) is 7.14. The van der Waals surface area contributed by atoms with E-state index in [1.54, 1.807) is 30.3 Å².